The lowest BCUT2D eigenvalue weighted by atomic mass is 10.1. The second-order valence-electron chi connectivity index (χ2n) is 7.25. The molecule has 0 saturated carbocycles. The van der Waals surface area contributed by atoms with Gasteiger partial charge in [0, 0.05) is 28.4 Å². The number of benzene rings is 3. The Morgan fingerprint density at radius 2 is 1.82 bits per heavy atom. The van der Waals surface area contributed by atoms with Gasteiger partial charge in [-0.25, -0.2) is 0 Å². The van der Waals surface area contributed by atoms with Crippen LogP contribution >= 0.6 is 15.9 Å². The van der Waals surface area contributed by atoms with Crippen LogP contribution in [-0.4, -0.2) is 20.6 Å². The fraction of sp³-hybridized carbons (Fsp3) is 0.0833. The highest BCUT2D eigenvalue weighted by Gasteiger charge is 2.10. The predicted molar refractivity (Wildman–Crippen MR) is 127 cm³/mol. The molecule has 0 spiro atoms. The van der Waals surface area contributed by atoms with Crippen molar-refractivity contribution in [3.05, 3.63) is 116 Å². The highest BCUT2D eigenvalue weighted by atomic mass is 79.9. The van der Waals surface area contributed by atoms with Crippen molar-refractivity contribution in [1.82, 2.24) is 9.78 Å². The van der Waals surface area contributed by atoms with Crippen LogP contribution in [0.2, 0.25) is 0 Å². The molecule has 0 aliphatic carbocycles. The van der Waals surface area contributed by atoms with E-state index in [9.17, 15) is 14.9 Å². The molecule has 1 amide bonds. The Morgan fingerprint density at radius 3 is 2.55 bits per heavy atom. The molecule has 0 bridgehead atoms. The Labute approximate surface area is 198 Å². The van der Waals surface area contributed by atoms with Gasteiger partial charge in [-0.2, -0.15) is 5.10 Å². The maximum absolute atomic E-state index is 12.7. The van der Waals surface area contributed by atoms with Crippen LogP contribution in [0, 0.1) is 10.1 Å². The zero-order chi connectivity index (χ0) is 23.2. The maximum atomic E-state index is 12.7. The third-order valence-corrected chi connectivity index (χ3v) is 5.32. The summed E-state index contributed by atoms with van der Waals surface area (Å²) in [6.45, 7) is 0.822. The fourth-order valence-electron chi connectivity index (χ4n) is 3.13. The van der Waals surface area contributed by atoms with E-state index in [-0.39, 0.29) is 18.2 Å². The highest BCUT2D eigenvalue weighted by molar-refractivity contribution is 9.10. The van der Waals surface area contributed by atoms with Gasteiger partial charge in [-0.05, 0) is 47.5 Å². The summed E-state index contributed by atoms with van der Waals surface area (Å²) in [4.78, 5) is 23.0. The van der Waals surface area contributed by atoms with Gasteiger partial charge in [0.1, 0.15) is 12.4 Å². The number of carbonyl (C=O) groups is 1. The summed E-state index contributed by atoms with van der Waals surface area (Å²) < 4.78 is 8.45. The molecule has 9 heteroatoms. The minimum atomic E-state index is -0.462. The summed E-state index contributed by atoms with van der Waals surface area (Å²) in [5, 5.41) is 17.9. The molecule has 1 heterocycles. The molecule has 33 heavy (non-hydrogen) atoms. The molecule has 0 radical (unpaired) electrons. The Kier molecular flexibility index (Phi) is 6.80. The zero-order valence-corrected chi connectivity index (χ0v) is 18.9. The van der Waals surface area contributed by atoms with Crippen molar-refractivity contribution in [3.63, 3.8) is 0 Å². The number of nitro benzene ring substituents is 1. The van der Waals surface area contributed by atoms with E-state index >= 15 is 0 Å². The maximum Gasteiger partial charge on any atom is 0.269 e. The number of nitro groups is 1. The minimum absolute atomic E-state index is 0.00109. The van der Waals surface area contributed by atoms with Crippen LogP contribution < -0.4 is 10.1 Å². The second-order valence-corrected chi connectivity index (χ2v) is 8.16. The third-order valence-electron chi connectivity index (χ3n) is 4.79. The van der Waals surface area contributed by atoms with Crippen molar-refractivity contribution in [2.24, 2.45) is 0 Å². The van der Waals surface area contributed by atoms with Gasteiger partial charge < -0.3 is 10.1 Å². The summed E-state index contributed by atoms with van der Waals surface area (Å²) in [5.41, 5.74) is 2.98. The monoisotopic (exact) mass is 506 g/mol. The van der Waals surface area contributed by atoms with E-state index in [1.54, 1.807) is 47.4 Å². The van der Waals surface area contributed by atoms with E-state index in [1.165, 1.54) is 12.1 Å². The van der Waals surface area contributed by atoms with E-state index < -0.39 is 4.92 Å². The van der Waals surface area contributed by atoms with Crippen molar-refractivity contribution >= 4 is 33.2 Å². The van der Waals surface area contributed by atoms with Gasteiger partial charge in [-0.3, -0.25) is 19.6 Å². The molecule has 3 aromatic carbocycles. The van der Waals surface area contributed by atoms with Gasteiger partial charge in [0.15, 0.2) is 0 Å². The molecule has 4 rings (SSSR count). The van der Waals surface area contributed by atoms with E-state index in [2.05, 4.69) is 26.3 Å². The average Bonchev–Trinajstić information content (AvgIpc) is 3.26. The second kappa shape index (κ2) is 10.1. The predicted octanol–water partition coefficient (Wildman–Crippen LogP) is 5.43. The molecule has 4 aromatic rings. The Bertz CT molecular complexity index is 1270. The molecule has 166 valence electrons. The smallest absolute Gasteiger partial charge is 0.269 e. The first-order chi connectivity index (χ1) is 16.0. The molecular weight excluding hydrogens is 488 g/mol. The van der Waals surface area contributed by atoms with Crippen molar-refractivity contribution in [3.8, 4) is 5.75 Å². The lowest BCUT2D eigenvalue weighted by molar-refractivity contribution is -0.384. The number of nitrogens with one attached hydrogen (secondary N) is 1. The van der Waals surface area contributed by atoms with Crippen molar-refractivity contribution in [2.75, 3.05) is 5.32 Å². The van der Waals surface area contributed by atoms with E-state index in [0.717, 1.165) is 15.6 Å². The number of non-ortho nitro benzene ring substituents is 1. The topological polar surface area (TPSA) is 99.3 Å². The van der Waals surface area contributed by atoms with Crippen molar-refractivity contribution in [2.45, 2.75) is 13.2 Å². The summed E-state index contributed by atoms with van der Waals surface area (Å²) in [7, 11) is 0. The van der Waals surface area contributed by atoms with Crippen LogP contribution in [0.3, 0.4) is 0 Å². The first-order valence-electron chi connectivity index (χ1n) is 10.0. The molecule has 0 atom stereocenters. The zero-order valence-electron chi connectivity index (χ0n) is 17.3. The van der Waals surface area contributed by atoms with Gasteiger partial charge in [0.2, 0.25) is 0 Å². The lowest BCUT2D eigenvalue weighted by Gasteiger charge is -2.08. The number of hydrogen-bond acceptors (Lipinski definition) is 5. The molecule has 0 fully saturated rings. The average molecular weight is 507 g/mol. The largest absolute Gasteiger partial charge is 0.489 e. The van der Waals surface area contributed by atoms with Crippen molar-refractivity contribution in [1.29, 1.82) is 0 Å². The number of amides is 1. The number of halogens is 1. The number of rotatable bonds is 8. The fourth-order valence-corrected chi connectivity index (χ4v) is 3.39. The summed E-state index contributed by atoms with van der Waals surface area (Å²) >= 11 is 3.42. The van der Waals surface area contributed by atoms with Crippen LogP contribution in [0.4, 0.5) is 11.4 Å². The van der Waals surface area contributed by atoms with E-state index in [4.69, 9.17) is 4.74 Å². The van der Waals surface area contributed by atoms with Crippen LogP contribution in [0.25, 0.3) is 0 Å². The van der Waals surface area contributed by atoms with Gasteiger partial charge in [0.05, 0.1) is 23.4 Å². The molecule has 0 saturated heterocycles. The molecule has 8 nitrogen and oxygen atoms in total. The van der Waals surface area contributed by atoms with Gasteiger partial charge in [-0.15, -0.1) is 0 Å². The quantitative estimate of drug-likeness (QED) is 0.253. The molecule has 0 aliphatic rings. The number of hydrogen-bond donors (Lipinski definition) is 1. The number of anilines is 1. The highest BCUT2D eigenvalue weighted by Crippen LogP contribution is 2.19. The van der Waals surface area contributed by atoms with Gasteiger partial charge in [-0.1, -0.05) is 40.2 Å². The van der Waals surface area contributed by atoms with Crippen LogP contribution in [0.1, 0.15) is 21.5 Å². The SMILES string of the molecule is O=C(Nc1cnn(Cc2ccc(Br)cc2)c1)c1cccc(COc2ccc([N+](=O)[O-])cc2)c1. The van der Waals surface area contributed by atoms with Crippen molar-refractivity contribution < 1.29 is 14.5 Å². The minimum Gasteiger partial charge on any atom is -0.489 e. The first-order valence-corrected chi connectivity index (χ1v) is 10.8. The van der Waals surface area contributed by atoms with Crippen LogP contribution in [0.5, 0.6) is 5.75 Å². The molecule has 0 aliphatic heterocycles. The van der Waals surface area contributed by atoms with E-state index in [1.807, 2.05) is 30.3 Å². The molecule has 1 aromatic heterocycles. The Hall–Kier alpha value is -3.98. The normalized spacial score (nSPS) is 10.6. The third kappa shape index (κ3) is 6.05. The summed E-state index contributed by atoms with van der Waals surface area (Å²) in [5.74, 6) is 0.254. The molecular formula is C24H19BrN4O4. The number of carbonyl (C=O) groups excluding carboxylic acids is 1. The van der Waals surface area contributed by atoms with Crippen LogP contribution in [0.15, 0.2) is 89.7 Å². The number of nitrogens with zero attached hydrogens (tertiary/aromatic N) is 3. The summed E-state index contributed by atoms with van der Waals surface area (Å²) in [6.07, 6.45) is 3.39. The van der Waals surface area contributed by atoms with Gasteiger partial charge in [0.25, 0.3) is 11.6 Å². The summed E-state index contributed by atoms with van der Waals surface area (Å²) in [6, 6.07) is 20.9. The standard InChI is InChI=1S/C24H19BrN4O4/c25-20-6-4-17(5-7-20)14-28-15-21(13-26-28)27-24(30)19-3-1-2-18(12-19)16-33-23-10-8-22(9-11-23)29(31)32/h1-13,15H,14,16H2,(H,27,30). The van der Waals surface area contributed by atoms with Gasteiger partial charge >= 0.3 is 0 Å². The number of ether oxygens (including phenoxy) is 1. The Morgan fingerprint density at radius 1 is 1.06 bits per heavy atom. The number of aromatic nitrogens is 2. The van der Waals surface area contributed by atoms with Crippen LogP contribution in [-0.2, 0) is 13.2 Å². The molecule has 1 N–H and O–H groups in total. The molecule has 0 unspecified atom stereocenters. The Balaban J connectivity index is 1.35. The van der Waals surface area contributed by atoms with E-state index in [0.29, 0.717) is 23.5 Å². The first kappa shape index (κ1) is 22.2. The lowest BCUT2D eigenvalue weighted by Crippen LogP contribution is -2.12.